The second-order valence-electron chi connectivity index (χ2n) is 3.41. The fraction of sp³-hybridized carbons (Fsp3) is 0.182. The Balaban J connectivity index is 2.31. The highest BCUT2D eigenvalue weighted by Crippen LogP contribution is 2.48. The Bertz CT molecular complexity index is 444. The van der Waals surface area contributed by atoms with Gasteiger partial charge in [-0.15, -0.1) is 0 Å². The van der Waals surface area contributed by atoms with E-state index in [0.29, 0.717) is 12.2 Å². The van der Waals surface area contributed by atoms with Gasteiger partial charge in [-0.25, -0.2) is 4.79 Å². The van der Waals surface area contributed by atoms with Crippen molar-refractivity contribution in [2.24, 2.45) is 0 Å². The number of carbonyl (C=O) groups is 1. The average Bonchev–Trinajstić information content (AvgIpc) is 2.91. The first kappa shape index (κ1) is 7.76. The standard InChI is InChI=1S/C11H8O3/c1-2-7-4-3-5-8-9(7)11(6-13-11)14-10(8)12/h2-5H,1,6H2. The lowest BCUT2D eigenvalue weighted by molar-refractivity contribution is -0.00794. The molecule has 1 atom stereocenters. The summed E-state index contributed by atoms with van der Waals surface area (Å²) in [5.41, 5.74) is 2.34. The highest BCUT2D eigenvalue weighted by Gasteiger charge is 2.58. The number of epoxide rings is 1. The van der Waals surface area contributed by atoms with Gasteiger partial charge in [0.2, 0.25) is 0 Å². The first-order valence-electron chi connectivity index (χ1n) is 4.40. The molecule has 1 spiro atoms. The molecule has 0 amide bonds. The molecule has 2 heterocycles. The summed E-state index contributed by atoms with van der Waals surface area (Å²) in [6.07, 6.45) is 1.71. The van der Waals surface area contributed by atoms with Crippen LogP contribution in [0, 0.1) is 0 Å². The van der Waals surface area contributed by atoms with Gasteiger partial charge in [0.1, 0.15) is 6.61 Å². The van der Waals surface area contributed by atoms with Crippen LogP contribution in [0.25, 0.3) is 6.08 Å². The Kier molecular flexibility index (Phi) is 1.25. The summed E-state index contributed by atoms with van der Waals surface area (Å²) in [5, 5.41) is 0. The molecule has 1 aromatic rings. The molecule has 1 aromatic carbocycles. The van der Waals surface area contributed by atoms with Gasteiger partial charge in [0.25, 0.3) is 5.79 Å². The van der Waals surface area contributed by atoms with Crippen LogP contribution in [0.15, 0.2) is 24.8 Å². The van der Waals surface area contributed by atoms with Gasteiger partial charge in [-0.3, -0.25) is 0 Å². The van der Waals surface area contributed by atoms with Crippen molar-refractivity contribution in [2.45, 2.75) is 5.79 Å². The number of hydrogen-bond acceptors (Lipinski definition) is 3. The summed E-state index contributed by atoms with van der Waals surface area (Å²) in [6.45, 7) is 4.16. The fourth-order valence-corrected chi connectivity index (χ4v) is 1.86. The number of fused-ring (bicyclic) bond motifs is 2. The van der Waals surface area contributed by atoms with Gasteiger partial charge < -0.3 is 9.47 Å². The minimum Gasteiger partial charge on any atom is -0.422 e. The molecule has 14 heavy (non-hydrogen) atoms. The molecule has 3 nitrogen and oxygen atoms in total. The maximum Gasteiger partial charge on any atom is 0.341 e. The van der Waals surface area contributed by atoms with E-state index in [1.165, 1.54) is 0 Å². The van der Waals surface area contributed by atoms with Crippen LogP contribution >= 0.6 is 0 Å². The highest BCUT2D eigenvalue weighted by atomic mass is 16.8. The molecule has 0 saturated carbocycles. The lowest BCUT2D eigenvalue weighted by Crippen LogP contribution is -2.08. The molecule has 2 aliphatic heterocycles. The van der Waals surface area contributed by atoms with Crippen LogP contribution in [0.1, 0.15) is 21.5 Å². The summed E-state index contributed by atoms with van der Waals surface area (Å²) >= 11 is 0. The Morgan fingerprint density at radius 1 is 1.50 bits per heavy atom. The Labute approximate surface area is 80.9 Å². The summed E-state index contributed by atoms with van der Waals surface area (Å²) in [7, 11) is 0. The molecule has 1 saturated heterocycles. The van der Waals surface area contributed by atoms with E-state index < -0.39 is 5.79 Å². The van der Waals surface area contributed by atoms with Gasteiger partial charge in [0.05, 0.1) is 5.56 Å². The van der Waals surface area contributed by atoms with E-state index in [1.807, 2.05) is 12.1 Å². The van der Waals surface area contributed by atoms with Crippen LogP contribution in [0.3, 0.4) is 0 Å². The van der Waals surface area contributed by atoms with Crippen LogP contribution in [0.5, 0.6) is 0 Å². The molecule has 1 unspecified atom stereocenters. The lowest BCUT2D eigenvalue weighted by Gasteiger charge is -2.05. The second kappa shape index (κ2) is 2.25. The zero-order valence-corrected chi connectivity index (χ0v) is 7.45. The predicted octanol–water partition coefficient (Wildman–Crippen LogP) is 1.68. The third kappa shape index (κ3) is 0.775. The summed E-state index contributed by atoms with van der Waals surface area (Å²) in [5.74, 6) is -1.09. The highest BCUT2D eigenvalue weighted by molar-refractivity contribution is 5.96. The summed E-state index contributed by atoms with van der Waals surface area (Å²) in [6, 6.07) is 5.47. The molecule has 0 aromatic heterocycles. The van der Waals surface area contributed by atoms with Crippen LogP contribution < -0.4 is 0 Å². The predicted molar refractivity (Wildman–Crippen MR) is 49.6 cm³/mol. The Morgan fingerprint density at radius 3 is 2.93 bits per heavy atom. The zero-order chi connectivity index (χ0) is 9.76. The number of carbonyl (C=O) groups excluding carboxylic acids is 1. The van der Waals surface area contributed by atoms with Gasteiger partial charge in [0.15, 0.2) is 0 Å². The maximum absolute atomic E-state index is 11.5. The maximum atomic E-state index is 11.5. The quantitative estimate of drug-likeness (QED) is 0.497. The Morgan fingerprint density at radius 2 is 2.29 bits per heavy atom. The number of rotatable bonds is 1. The van der Waals surface area contributed by atoms with Crippen molar-refractivity contribution in [3.8, 4) is 0 Å². The third-order valence-corrected chi connectivity index (χ3v) is 2.58. The normalized spacial score (nSPS) is 27.3. The number of hydrogen-bond donors (Lipinski definition) is 0. The van der Waals surface area contributed by atoms with E-state index in [4.69, 9.17) is 9.47 Å². The second-order valence-corrected chi connectivity index (χ2v) is 3.41. The van der Waals surface area contributed by atoms with Gasteiger partial charge in [-0.05, 0) is 11.6 Å². The van der Waals surface area contributed by atoms with Crippen LogP contribution in [-0.4, -0.2) is 12.6 Å². The largest absolute Gasteiger partial charge is 0.422 e. The minimum absolute atomic E-state index is 0.304. The average molecular weight is 188 g/mol. The topological polar surface area (TPSA) is 38.8 Å². The lowest BCUT2D eigenvalue weighted by atomic mass is 9.99. The fourth-order valence-electron chi connectivity index (χ4n) is 1.86. The summed E-state index contributed by atoms with van der Waals surface area (Å²) < 4.78 is 10.4. The van der Waals surface area contributed by atoms with Crippen LogP contribution in [0.4, 0.5) is 0 Å². The molecule has 1 fully saturated rings. The monoisotopic (exact) mass is 188 g/mol. The third-order valence-electron chi connectivity index (χ3n) is 2.58. The van der Waals surface area contributed by atoms with Gasteiger partial charge in [0, 0.05) is 5.56 Å². The molecule has 0 N–H and O–H groups in total. The molecule has 70 valence electrons. The van der Waals surface area contributed by atoms with Gasteiger partial charge in [-0.1, -0.05) is 24.8 Å². The van der Waals surface area contributed by atoms with E-state index >= 15 is 0 Å². The summed E-state index contributed by atoms with van der Waals surface area (Å²) in [4.78, 5) is 11.5. The van der Waals surface area contributed by atoms with E-state index in [0.717, 1.165) is 11.1 Å². The molecule has 0 bridgehead atoms. The first-order chi connectivity index (χ1) is 6.77. The molecule has 3 rings (SSSR count). The molecule has 0 radical (unpaired) electrons. The van der Waals surface area contributed by atoms with Gasteiger partial charge >= 0.3 is 5.97 Å². The number of benzene rings is 1. The SMILES string of the molecule is C=Cc1cccc2c1C1(CO1)OC2=O. The Hall–Kier alpha value is -1.61. The molecule has 0 aliphatic carbocycles. The van der Waals surface area contributed by atoms with Crippen molar-refractivity contribution in [1.82, 2.24) is 0 Å². The first-order valence-corrected chi connectivity index (χ1v) is 4.40. The van der Waals surface area contributed by atoms with Crippen LogP contribution in [0.2, 0.25) is 0 Å². The molecular formula is C11H8O3. The van der Waals surface area contributed by atoms with Crippen molar-refractivity contribution in [2.75, 3.05) is 6.61 Å². The number of ether oxygens (including phenoxy) is 2. The van der Waals surface area contributed by atoms with E-state index in [-0.39, 0.29) is 5.97 Å². The van der Waals surface area contributed by atoms with E-state index in [2.05, 4.69) is 6.58 Å². The zero-order valence-electron chi connectivity index (χ0n) is 7.45. The van der Waals surface area contributed by atoms with Crippen molar-refractivity contribution in [3.63, 3.8) is 0 Å². The molecular weight excluding hydrogens is 180 g/mol. The van der Waals surface area contributed by atoms with Gasteiger partial charge in [-0.2, -0.15) is 0 Å². The number of esters is 1. The van der Waals surface area contributed by atoms with Crippen molar-refractivity contribution in [3.05, 3.63) is 41.5 Å². The van der Waals surface area contributed by atoms with Crippen molar-refractivity contribution < 1.29 is 14.3 Å². The van der Waals surface area contributed by atoms with E-state index in [9.17, 15) is 4.79 Å². The van der Waals surface area contributed by atoms with E-state index in [1.54, 1.807) is 12.1 Å². The molecule has 3 heteroatoms. The van der Waals surface area contributed by atoms with Crippen molar-refractivity contribution in [1.29, 1.82) is 0 Å². The smallest absolute Gasteiger partial charge is 0.341 e. The van der Waals surface area contributed by atoms with Crippen molar-refractivity contribution >= 4 is 12.0 Å². The molecule has 2 aliphatic rings. The van der Waals surface area contributed by atoms with Crippen LogP contribution in [-0.2, 0) is 15.3 Å². The minimum atomic E-state index is -0.781.